The zero-order valence-electron chi connectivity index (χ0n) is 20.7. The van der Waals surface area contributed by atoms with E-state index in [-0.39, 0.29) is 29.1 Å². The number of hydrogen-bond donors (Lipinski definition) is 1. The Morgan fingerprint density at radius 3 is 2.54 bits per heavy atom. The molecule has 1 unspecified atom stereocenters. The fourth-order valence-electron chi connectivity index (χ4n) is 5.24. The van der Waals surface area contributed by atoms with Crippen molar-refractivity contribution >= 4 is 52.1 Å². The molecule has 35 heavy (non-hydrogen) atoms. The van der Waals surface area contributed by atoms with E-state index in [4.69, 9.17) is 39.5 Å². The van der Waals surface area contributed by atoms with E-state index < -0.39 is 6.10 Å². The zero-order valence-corrected chi connectivity index (χ0v) is 23.8. The van der Waals surface area contributed by atoms with Gasteiger partial charge in [0.2, 0.25) is 0 Å². The molecule has 194 valence electrons. The van der Waals surface area contributed by atoms with E-state index in [2.05, 4.69) is 25.7 Å². The highest BCUT2D eigenvalue weighted by atomic mass is 35.5. The lowest BCUT2D eigenvalue weighted by atomic mass is 9.78. The number of alkyl halides is 1. The van der Waals surface area contributed by atoms with E-state index in [0.29, 0.717) is 28.0 Å². The van der Waals surface area contributed by atoms with Crippen LogP contribution in [0.4, 0.5) is 0 Å². The third-order valence-corrected chi connectivity index (χ3v) is 9.28. The molecule has 4 nitrogen and oxygen atoms in total. The molecule has 2 aromatic rings. The molecule has 5 atom stereocenters. The normalized spacial score (nSPS) is 23.1. The van der Waals surface area contributed by atoms with Crippen molar-refractivity contribution < 1.29 is 14.6 Å². The number of benzene rings is 1. The highest BCUT2D eigenvalue weighted by Gasteiger charge is 2.44. The van der Waals surface area contributed by atoms with Gasteiger partial charge in [-0.25, -0.2) is 4.79 Å². The minimum atomic E-state index is -0.449. The average Bonchev–Trinajstić information content (AvgIpc) is 3.39. The molecule has 1 heterocycles. The van der Waals surface area contributed by atoms with Crippen molar-refractivity contribution in [3.63, 3.8) is 0 Å². The van der Waals surface area contributed by atoms with Crippen LogP contribution in [-0.4, -0.2) is 53.7 Å². The molecule has 1 saturated carbocycles. The van der Waals surface area contributed by atoms with E-state index in [1.807, 2.05) is 24.3 Å². The summed E-state index contributed by atoms with van der Waals surface area (Å²) in [5, 5.41) is 12.0. The van der Waals surface area contributed by atoms with Gasteiger partial charge in [-0.15, -0.1) is 22.9 Å². The third-order valence-electron chi connectivity index (χ3n) is 7.22. The summed E-state index contributed by atoms with van der Waals surface area (Å²) in [6.07, 6.45) is 2.87. The SMILES string of the molecule is CCN(CC)CCOC(=O)c1ccc(CCC[C@@H]2[C@@H](C(C)c3cc(Cl)cc(Cl)c3)[C@H](O)C[C@H]2Cl)s1. The number of rotatable bonds is 12. The molecule has 0 aliphatic heterocycles. The molecule has 0 amide bonds. The van der Waals surface area contributed by atoms with Crippen molar-refractivity contribution in [3.05, 3.63) is 55.7 Å². The molecule has 3 rings (SSSR count). The van der Waals surface area contributed by atoms with Gasteiger partial charge in [-0.05, 0) is 92.4 Å². The van der Waals surface area contributed by atoms with Crippen LogP contribution in [0.5, 0.6) is 0 Å². The zero-order chi connectivity index (χ0) is 25.5. The second-order valence-corrected chi connectivity index (χ2v) is 12.0. The van der Waals surface area contributed by atoms with Crippen molar-refractivity contribution in [2.24, 2.45) is 11.8 Å². The fourth-order valence-corrected chi connectivity index (χ4v) is 7.20. The van der Waals surface area contributed by atoms with Crippen molar-refractivity contribution in [2.45, 2.75) is 63.9 Å². The van der Waals surface area contributed by atoms with Gasteiger partial charge in [0.05, 0.1) is 6.10 Å². The van der Waals surface area contributed by atoms with Gasteiger partial charge in [-0.3, -0.25) is 0 Å². The number of aliphatic hydroxyl groups is 1. The summed E-state index contributed by atoms with van der Waals surface area (Å²) in [5.74, 6) is 0.0900. The van der Waals surface area contributed by atoms with Gasteiger partial charge in [0.1, 0.15) is 11.5 Å². The summed E-state index contributed by atoms with van der Waals surface area (Å²) < 4.78 is 5.45. The lowest BCUT2D eigenvalue weighted by molar-refractivity contribution is 0.0472. The molecule has 0 bridgehead atoms. The topological polar surface area (TPSA) is 49.8 Å². The molecular formula is C27H36Cl3NO3S. The number of thiophene rings is 1. The third kappa shape index (κ3) is 7.83. The summed E-state index contributed by atoms with van der Waals surface area (Å²) >= 11 is 20.7. The Morgan fingerprint density at radius 1 is 1.20 bits per heavy atom. The molecule has 8 heteroatoms. The molecule has 0 spiro atoms. The Morgan fingerprint density at radius 2 is 1.89 bits per heavy atom. The van der Waals surface area contributed by atoms with Gasteiger partial charge in [0.25, 0.3) is 0 Å². The van der Waals surface area contributed by atoms with Crippen LogP contribution < -0.4 is 0 Å². The number of aryl methyl sites for hydroxylation is 1. The summed E-state index contributed by atoms with van der Waals surface area (Å²) in [7, 11) is 0. The highest BCUT2D eigenvalue weighted by Crippen LogP contribution is 2.46. The number of esters is 1. The summed E-state index contributed by atoms with van der Waals surface area (Å²) in [6, 6.07) is 9.45. The first-order valence-electron chi connectivity index (χ1n) is 12.5. The second kappa shape index (κ2) is 13.6. The molecule has 1 aliphatic carbocycles. The van der Waals surface area contributed by atoms with Crippen molar-refractivity contribution in [2.75, 3.05) is 26.2 Å². The lowest BCUT2D eigenvalue weighted by Crippen LogP contribution is -2.27. The number of ether oxygens (including phenoxy) is 1. The lowest BCUT2D eigenvalue weighted by Gasteiger charge is -2.30. The molecule has 0 radical (unpaired) electrons. The molecule has 1 aromatic carbocycles. The Bertz CT molecular complexity index is 945. The van der Waals surface area contributed by atoms with E-state index >= 15 is 0 Å². The Labute approximate surface area is 228 Å². The highest BCUT2D eigenvalue weighted by molar-refractivity contribution is 7.13. The summed E-state index contributed by atoms with van der Waals surface area (Å²) in [5.41, 5.74) is 1.03. The van der Waals surface area contributed by atoms with Crippen molar-refractivity contribution in [1.29, 1.82) is 0 Å². The maximum Gasteiger partial charge on any atom is 0.348 e. The van der Waals surface area contributed by atoms with Crippen molar-refractivity contribution in [1.82, 2.24) is 4.90 Å². The second-order valence-electron chi connectivity index (χ2n) is 9.37. The Kier molecular flexibility index (Phi) is 11.2. The number of likely N-dealkylation sites (N-methyl/N-ethyl adjacent to an activating group) is 1. The standard InChI is InChI=1S/C27H36Cl3NO3S/c1-4-31(5-2)11-12-34-27(33)25-10-9-21(35-25)7-6-8-22-23(30)16-24(32)26(22)17(3)18-13-19(28)15-20(29)14-18/h9-10,13-15,17,22-24,26,32H,4-8,11-12,16H2,1-3H3/t17?,22-,23+,24+,26+/m0/s1. The van der Waals surface area contributed by atoms with Gasteiger partial charge in [-0.1, -0.05) is 44.0 Å². The average molecular weight is 561 g/mol. The van der Waals surface area contributed by atoms with Crippen LogP contribution in [0, 0.1) is 11.8 Å². The molecule has 1 N–H and O–H groups in total. The van der Waals surface area contributed by atoms with Crippen LogP contribution in [0.15, 0.2) is 30.3 Å². The molecule has 1 aliphatic rings. The first-order chi connectivity index (χ1) is 16.7. The number of carbonyl (C=O) groups excluding carboxylic acids is 1. The maximum atomic E-state index is 12.4. The van der Waals surface area contributed by atoms with Gasteiger partial charge in [-0.2, -0.15) is 0 Å². The maximum absolute atomic E-state index is 12.4. The predicted molar refractivity (Wildman–Crippen MR) is 147 cm³/mol. The van der Waals surface area contributed by atoms with Gasteiger partial charge in [0, 0.05) is 26.8 Å². The van der Waals surface area contributed by atoms with Crippen LogP contribution in [-0.2, 0) is 11.2 Å². The van der Waals surface area contributed by atoms with E-state index in [1.165, 1.54) is 11.3 Å². The van der Waals surface area contributed by atoms with Crippen LogP contribution >= 0.6 is 46.1 Å². The van der Waals surface area contributed by atoms with Crippen LogP contribution in [0.1, 0.15) is 66.1 Å². The molecule has 0 saturated heterocycles. The van der Waals surface area contributed by atoms with Crippen LogP contribution in [0.3, 0.4) is 0 Å². The smallest absolute Gasteiger partial charge is 0.348 e. The van der Waals surface area contributed by atoms with Crippen LogP contribution in [0.25, 0.3) is 0 Å². The Hall–Kier alpha value is -0.820. The van der Waals surface area contributed by atoms with Crippen molar-refractivity contribution in [3.8, 4) is 0 Å². The van der Waals surface area contributed by atoms with Gasteiger partial charge in [0.15, 0.2) is 0 Å². The summed E-state index contributed by atoms with van der Waals surface area (Å²) in [4.78, 5) is 16.4. The number of hydrogen-bond acceptors (Lipinski definition) is 5. The van der Waals surface area contributed by atoms with E-state index in [0.717, 1.165) is 49.3 Å². The van der Waals surface area contributed by atoms with Gasteiger partial charge >= 0.3 is 5.97 Å². The fraction of sp³-hybridized carbons (Fsp3) is 0.593. The minimum Gasteiger partial charge on any atom is -0.460 e. The van der Waals surface area contributed by atoms with Crippen LogP contribution in [0.2, 0.25) is 10.0 Å². The number of halogens is 3. The molecule has 1 aromatic heterocycles. The molecular weight excluding hydrogens is 525 g/mol. The monoisotopic (exact) mass is 559 g/mol. The number of nitrogens with zero attached hydrogens (tertiary/aromatic N) is 1. The minimum absolute atomic E-state index is 0.0479. The Balaban J connectivity index is 1.54. The first kappa shape index (κ1) is 28.7. The van der Waals surface area contributed by atoms with E-state index in [9.17, 15) is 9.90 Å². The predicted octanol–water partition coefficient (Wildman–Crippen LogP) is 7.28. The largest absolute Gasteiger partial charge is 0.460 e. The molecule has 1 fully saturated rings. The van der Waals surface area contributed by atoms with Gasteiger partial charge < -0.3 is 14.7 Å². The first-order valence-corrected chi connectivity index (χ1v) is 14.5. The van der Waals surface area contributed by atoms with E-state index in [1.54, 1.807) is 6.07 Å². The number of carbonyl (C=O) groups is 1. The summed E-state index contributed by atoms with van der Waals surface area (Å²) in [6.45, 7) is 9.39. The number of aliphatic hydroxyl groups excluding tert-OH is 1. The quantitative estimate of drug-likeness (QED) is 0.219.